The van der Waals surface area contributed by atoms with Crippen molar-refractivity contribution in [3.8, 4) is 11.5 Å². The first kappa shape index (κ1) is 17.3. The van der Waals surface area contributed by atoms with Crippen LogP contribution in [0.2, 0.25) is 0 Å². The average Bonchev–Trinajstić information content (AvgIpc) is 3.48. The molecule has 1 saturated carbocycles. The lowest BCUT2D eigenvalue weighted by Gasteiger charge is -2.19. The third-order valence-corrected chi connectivity index (χ3v) is 4.76. The Hall–Kier alpha value is -2.53. The van der Waals surface area contributed by atoms with Gasteiger partial charge in [-0.15, -0.1) is 0 Å². The largest absolute Gasteiger partial charge is 0.497 e. The maximum Gasteiger partial charge on any atom is 0.230 e. The van der Waals surface area contributed by atoms with E-state index in [4.69, 9.17) is 9.47 Å². The van der Waals surface area contributed by atoms with Crippen molar-refractivity contribution in [1.82, 2.24) is 5.32 Å². The Bertz CT molecular complexity index is 741. The Labute approximate surface area is 147 Å². The summed E-state index contributed by atoms with van der Waals surface area (Å²) in [6, 6.07) is 15.0. The van der Waals surface area contributed by atoms with Crippen LogP contribution in [0.5, 0.6) is 11.5 Å². The molecule has 0 bridgehead atoms. The fourth-order valence-corrected chi connectivity index (χ4v) is 3.10. The van der Waals surface area contributed by atoms with Crippen molar-refractivity contribution in [3.05, 3.63) is 59.7 Å². The summed E-state index contributed by atoms with van der Waals surface area (Å²) in [7, 11) is 3.11. The fraction of sp³-hybridized carbons (Fsp3) is 0.350. The van der Waals surface area contributed by atoms with Crippen LogP contribution in [-0.2, 0) is 10.2 Å². The van der Waals surface area contributed by atoms with E-state index in [1.807, 2.05) is 30.3 Å². The molecule has 132 valence electrons. The molecule has 0 spiro atoms. The highest BCUT2D eigenvalue weighted by molar-refractivity contribution is 5.91. The third kappa shape index (κ3) is 3.46. The number of rotatable bonds is 7. The number of benzene rings is 2. The Balaban J connectivity index is 1.69. The summed E-state index contributed by atoms with van der Waals surface area (Å²) >= 11 is 0. The zero-order chi connectivity index (χ0) is 17.9. The fourth-order valence-electron chi connectivity index (χ4n) is 3.10. The minimum Gasteiger partial charge on any atom is -0.497 e. The number of aliphatic hydroxyl groups is 1. The molecule has 0 heterocycles. The molecule has 5 nitrogen and oxygen atoms in total. The Kier molecular flexibility index (Phi) is 4.95. The molecule has 2 N–H and O–H groups in total. The first-order valence-electron chi connectivity index (χ1n) is 8.34. The molecule has 0 aliphatic heterocycles. The maximum absolute atomic E-state index is 12.7. The second-order valence-electron chi connectivity index (χ2n) is 6.28. The number of hydrogen-bond donors (Lipinski definition) is 2. The summed E-state index contributed by atoms with van der Waals surface area (Å²) in [5, 5.41) is 13.4. The molecule has 25 heavy (non-hydrogen) atoms. The van der Waals surface area contributed by atoms with Crippen molar-refractivity contribution >= 4 is 5.91 Å². The molecule has 1 aliphatic rings. The summed E-state index contributed by atoms with van der Waals surface area (Å²) in [4.78, 5) is 12.7. The Morgan fingerprint density at radius 3 is 2.48 bits per heavy atom. The highest BCUT2D eigenvalue weighted by Crippen LogP contribution is 2.48. The van der Waals surface area contributed by atoms with E-state index in [-0.39, 0.29) is 12.5 Å². The van der Waals surface area contributed by atoms with Gasteiger partial charge in [0, 0.05) is 12.1 Å². The van der Waals surface area contributed by atoms with E-state index in [1.165, 1.54) is 0 Å². The van der Waals surface area contributed by atoms with E-state index in [9.17, 15) is 9.90 Å². The molecule has 1 atom stereocenters. The van der Waals surface area contributed by atoms with Crippen LogP contribution < -0.4 is 14.8 Å². The molecule has 3 rings (SSSR count). The molecule has 0 aromatic heterocycles. The van der Waals surface area contributed by atoms with Crippen molar-refractivity contribution in [2.75, 3.05) is 20.8 Å². The van der Waals surface area contributed by atoms with Crippen molar-refractivity contribution in [2.24, 2.45) is 0 Å². The molecule has 2 aromatic rings. The first-order valence-corrected chi connectivity index (χ1v) is 8.34. The van der Waals surface area contributed by atoms with Crippen LogP contribution in [-0.4, -0.2) is 31.8 Å². The Morgan fingerprint density at radius 2 is 1.88 bits per heavy atom. The molecule has 1 amide bonds. The predicted octanol–water partition coefficient (Wildman–Crippen LogP) is 2.59. The van der Waals surface area contributed by atoms with Gasteiger partial charge in [-0.1, -0.05) is 30.3 Å². The molecule has 2 aromatic carbocycles. The summed E-state index contributed by atoms with van der Waals surface area (Å²) in [6.07, 6.45) is 0.795. The monoisotopic (exact) mass is 341 g/mol. The highest BCUT2D eigenvalue weighted by atomic mass is 16.5. The number of amides is 1. The van der Waals surface area contributed by atoms with Crippen molar-refractivity contribution in [3.63, 3.8) is 0 Å². The molecule has 5 heteroatoms. The van der Waals surface area contributed by atoms with Crippen LogP contribution in [0.3, 0.4) is 0 Å². The number of aliphatic hydroxyl groups excluding tert-OH is 1. The molecule has 0 radical (unpaired) electrons. The normalized spacial score (nSPS) is 16.0. The summed E-state index contributed by atoms with van der Waals surface area (Å²) in [5.74, 6) is 1.15. The number of ether oxygens (including phenoxy) is 2. The third-order valence-electron chi connectivity index (χ3n) is 4.76. The first-order chi connectivity index (χ1) is 12.1. The molecular formula is C20H23NO4. The van der Waals surface area contributed by atoms with Gasteiger partial charge in [0.25, 0.3) is 0 Å². The van der Waals surface area contributed by atoms with Gasteiger partial charge in [0.05, 0.1) is 25.7 Å². The number of methoxy groups -OCH3 is 2. The number of hydrogen-bond acceptors (Lipinski definition) is 4. The summed E-state index contributed by atoms with van der Waals surface area (Å²) in [5.41, 5.74) is 1.17. The zero-order valence-corrected chi connectivity index (χ0v) is 14.5. The minimum atomic E-state index is -0.874. The van der Waals surface area contributed by atoms with Crippen molar-refractivity contribution in [2.45, 2.75) is 24.4 Å². The van der Waals surface area contributed by atoms with Crippen LogP contribution in [0.4, 0.5) is 0 Å². The van der Waals surface area contributed by atoms with Crippen LogP contribution in [0.15, 0.2) is 48.5 Å². The molecule has 1 fully saturated rings. The SMILES string of the molecule is COc1ccc(OC)c(C(O)CNC(=O)C2(c3ccccc3)CC2)c1. The molecule has 1 unspecified atom stereocenters. The van der Waals surface area contributed by atoms with Gasteiger partial charge in [-0.2, -0.15) is 0 Å². The smallest absolute Gasteiger partial charge is 0.230 e. The van der Waals surface area contributed by atoms with Gasteiger partial charge in [-0.05, 0) is 36.6 Å². The van der Waals surface area contributed by atoms with Gasteiger partial charge in [0.1, 0.15) is 11.5 Å². The Morgan fingerprint density at radius 1 is 1.16 bits per heavy atom. The average molecular weight is 341 g/mol. The lowest BCUT2D eigenvalue weighted by molar-refractivity contribution is -0.124. The standard InChI is InChI=1S/C20H23NO4/c1-24-15-8-9-18(25-2)16(12-15)17(22)13-21-19(23)20(10-11-20)14-6-4-3-5-7-14/h3-9,12,17,22H,10-11,13H2,1-2H3,(H,21,23). The van der Waals surface area contributed by atoms with Gasteiger partial charge >= 0.3 is 0 Å². The summed E-state index contributed by atoms with van der Waals surface area (Å²) < 4.78 is 10.5. The molecule has 1 aliphatic carbocycles. The van der Waals surface area contributed by atoms with Gasteiger partial charge < -0.3 is 19.9 Å². The van der Waals surface area contributed by atoms with Gasteiger partial charge in [0.15, 0.2) is 0 Å². The van der Waals surface area contributed by atoms with Crippen LogP contribution in [0, 0.1) is 0 Å². The number of nitrogens with one attached hydrogen (secondary N) is 1. The van der Waals surface area contributed by atoms with E-state index in [2.05, 4.69) is 5.32 Å². The molecular weight excluding hydrogens is 318 g/mol. The quantitative estimate of drug-likeness (QED) is 0.812. The van der Waals surface area contributed by atoms with Crippen LogP contribution in [0.25, 0.3) is 0 Å². The summed E-state index contributed by atoms with van der Waals surface area (Å²) in [6.45, 7) is 0.122. The van der Waals surface area contributed by atoms with E-state index in [0.717, 1.165) is 18.4 Å². The van der Waals surface area contributed by atoms with Crippen molar-refractivity contribution in [1.29, 1.82) is 0 Å². The molecule has 0 saturated heterocycles. The maximum atomic E-state index is 12.7. The van der Waals surface area contributed by atoms with E-state index in [1.54, 1.807) is 32.4 Å². The minimum absolute atomic E-state index is 0.0420. The highest BCUT2D eigenvalue weighted by Gasteiger charge is 2.51. The van der Waals surface area contributed by atoms with Gasteiger partial charge in [0.2, 0.25) is 5.91 Å². The number of carbonyl (C=O) groups excluding carboxylic acids is 1. The van der Waals surface area contributed by atoms with Crippen LogP contribution in [0.1, 0.15) is 30.1 Å². The lowest BCUT2D eigenvalue weighted by atomic mass is 9.95. The second-order valence-corrected chi connectivity index (χ2v) is 6.28. The van der Waals surface area contributed by atoms with Gasteiger partial charge in [-0.3, -0.25) is 4.79 Å². The van der Waals surface area contributed by atoms with E-state index < -0.39 is 11.5 Å². The van der Waals surface area contributed by atoms with Crippen molar-refractivity contribution < 1.29 is 19.4 Å². The second kappa shape index (κ2) is 7.15. The lowest BCUT2D eigenvalue weighted by Crippen LogP contribution is -2.37. The predicted molar refractivity (Wildman–Crippen MR) is 94.9 cm³/mol. The van der Waals surface area contributed by atoms with Crippen LogP contribution >= 0.6 is 0 Å². The van der Waals surface area contributed by atoms with E-state index in [0.29, 0.717) is 17.1 Å². The topological polar surface area (TPSA) is 67.8 Å². The van der Waals surface area contributed by atoms with Gasteiger partial charge in [-0.25, -0.2) is 0 Å². The zero-order valence-electron chi connectivity index (χ0n) is 14.5. The number of carbonyl (C=O) groups is 1. The van der Waals surface area contributed by atoms with E-state index >= 15 is 0 Å².